The van der Waals surface area contributed by atoms with E-state index in [0.717, 1.165) is 11.8 Å². The molecule has 0 saturated carbocycles. The van der Waals surface area contributed by atoms with Crippen LogP contribution in [0.4, 0.5) is 23.1 Å². The highest BCUT2D eigenvalue weighted by Gasteiger charge is 2.13. The third kappa shape index (κ3) is 3.23. The smallest absolute Gasteiger partial charge is 0.275 e. The Morgan fingerprint density at radius 1 is 1.20 bits per heavy atom. The fourth-order valence-electron chi connectivity index (χ4n) is 1.38. The minimum atomic E-state index is -0.499. The Kier molecular flexibility index (Phi) is 3.84. The molecule has 0 radical (unpaired) electrons. The van der Waals surface area contributed by atoms with Crippen molar-refractivity contribution in [3.05, 3.63) is 28.3 Å². The van der Waals surface area contributed by atoms with Gasteiger partial charge >= 0.3 is 0 Å². The molecule has 0 bridgehead atoms. The van der Waals surface area contributed by atoms with Crippen LogP contribution >= 0.6 is 11.8 Å². The van der Waals surface area contributed by atoms with Gasteiger partial charge in [-0.1, -0.05) is 0 Å². The number of nitrogens with two attached hydrogens (primary N) is 2. The number of nitrogen functional groups attached to an aromatic ring is 2. The lowest BCUT2D eigenvalue weighted by molar-refractivity contribution is -0.385. The zero-order chi connectivity index (χ0) is 14.7. The number of aromatic nitrogens is 3. The molecule has 2 heterocycles. The van der Waals surface area contributed by atoms with Gasteiger partial charge in [0.25, 0.3) is 5.69 Å². The van der Waals surface area contributed by atoms with E-state index in [1.807, 2.05) is 0 Å². The highest BCUT2D eigenvalue weighted by molar-refractivity contribution is 7.99. The van der Waals surface area contributed by atoms with E-state index in [1.165, 1.54) is 18.2 Å². The summed E-state index contributed by atoms with van der Waals surface area (Å²) < 4.78 is 0. The third-order valence-corrected chi connectivity index (χ3v) is 2.98. The number of hydrogen-bond donors (Lipinski definition) is 3. The molecular formula is C10H11N7O2S. The molecule has 20 heavy (non-hydrogen) atoms. The van der Waals surface area contributed by atoms with Gasteiger partial charge in [0.2, 0.25) is 0 Å². The quantitative estimate of drug-likeness (QED) is 0.429. The van der Waals surface area contributed by atoms with Gasteiger partial charge in [-0.05, 0) is 11.8 Å². The molecule has 9 nitrogen and oxygen atoms in total. The van der Waals surface area contributed by atoms with Crippen molar-refractivity contribution >= 4 is 34.9 Å². The second-order valence-electron chi connectivity index (χ2n) is 3.66. The van der Waals surface area contributed by atoms with Crippen molar-refractivity contribution < 1.29 is 4.92 Å². The van der Waals surface area contributed by atoms with E-state index in [1.54, 1.807) is 7.05 Å². The van der Waals surface area contributed by atoms with E-state index in [4.69, 9.17) is 11.5 Å². The van der Waals surface area contributed by atoms with Crippen LogP contribution in [0.2, 0.25) is 0 Å². The Morgan fingerprint density at radius 3 is 2.40 bits per heavy atom. The van der Waals surface area contributed by atoms with E-state index in [2.05, 4.69) is 20.3 Å². The van der Waals surface area contributed by atoms with E-state index in [0.29, 0.717) is 10.8 Å². The summed E-state index contributed by atoms with van der Waals surface area (Å²) >= 11 is 1.04. The lowest BCUT2D eigenvalue weighted by Crippen LogP contribution is -2.00. The van der Waals surface area contributed by atoms with Crippen LogP contribution in [-0.2, 0) is 0 Å². The zero-order valence-corrected chi connectivity index (χ0v) is 11.2. The SMILES string of the molecule is CNc1cc([N+](=O)[O-])cc(Sc2nc(N)cc(N)n2)n1. The summed E-state index contributed by atoms with van der Waals surface area (Å²) in [5.41, 5.74) is 11.0. The van der Waals surface area contributed by atoms with Gasteiger partial charge in [0.15, 0.2) is 5.16 Å². The van der Waals surface area contributed by atoms with Gasteiger partial charge in [-0.25, -0.2) is 15.0 Å². The molecule has 0 aliphatic rings. The van der Waals surface area contributed by atoms with Crippen molar-refractivity contribution in [1.82, 2.24) is 15.0 Å². The monoisotopic (exact) mass is 293 g/mol. The summed E-state index contributed by atoms with van der Waals surface area (Å²) in [5, 5.41) is 14.2. The number of nitrogens with one attached hydrogen (secondary N) is 1. The highest BCUT2D eigenvalue weighted by Crippen LogP contribution is 2.29. The maximum Gasteiger partial charge on any atom is 0.275 e. The summed E-state index contributed by atoms with van der Waals surface area (Å²) in [6.45, 7) is 0. The molecule has 0 spiro atoms. The van der Waals surface area contributed by atoms with Crippen LogP contribution < -0.4 is 16.8 Å². The van der Waals surface area contributed by atoms with Crippen molar-refractivity contribution in [3.63, 3.8) is 0 Å². The number of hydrogen-bond acceptors (Lipinski definition) is 9. The maximum absolute atomic E-state index is 10.9. The summed E-state index contributed by atoms with van der Waals surface area (Å²) in [7, 11) is 1.62. The number of rotatable bonds is 4. The molecule has 2 aromatic heterocycles. The molecular weight excluding hydrogens is 282 g/mol. The molecule has 0 aliphatic heterocycles. The number of pyridine rings is 1. The van der Waals surface area contributed by atoms with Gasteiger partial charge in [-0.3, -0.25) is 10.1 Å². The maximum atomic E-state index is 10.9. The Labute approximate surface area is 118 Å². The van der Waals surface area contributed by atoms with Crippen LogP contribution in [0.3, 0.4) is 0 Å². The van der Waals surface area contributed by atoms with Crippen molar-refractivity contribution in [3.8, 4) is 0 Å². The van der Waals surface area contributed by atoms with Crippen LogP contribution in [-0.4, -0.2) is 26.9 Å². The predicted octanol–water partition coefficient (Wildman–Crippen LogP) is 1.14. The molecule has 0 aliphatic carbocycles. The standard InChI is InChI=1S/C10H11N7O2S/c1-13-8-2-5(17(18)19)3-9(16-8)20-10-14-6(11)4-7(12)15-10/h2-4H,1H3,(H,13,16)(H4,11,12,14,15). The van der Waals surface area contributed by atoms with Gasteiger partial charge in [-0.2, -0.15) is 0 Å². The highest BCUT2D eigenvalue weighted by atomic mass is 32.2. The fraction of sp³-hybridized carbons (Fsp3) is 0.100. The Bertz CT molecular complexity index is 644. The lowest BCUT2D eigenvalue weighted by Gasteiger charge is -2.04. The summed E-state index contributed by atoms with van der Waals surface area (Å²) in [6.07, 6.45) is 0. The first-order valence-electron chi connectivity index (χ1n) is 5.40. The number of anilines is 3. The summed E-state index contributed by atoms with van der Waals surface area (Å²) in [5.74, 6) is 0.817. The van der Waals surface area contributed by atoms with Gasteiger partial charge < -0.3 is 16.8 Å². The Morgan fingerprint density at radius 2 is 1.85 bits per heavy atom. The average Bonchev–Trinajstić information content (AvgIpc) is 2.36. The van der Waals surface area contributed by atoms with E-state index >= 15 is 0 Å². The van der Waals surface area contributed by atoms with Gasteiger partial charge in [0.1, 0.15) is 22.5 Å². The molecule has 2 aromatic rings. The second kappa shape index (κ2) is 5.57. The molecule has 0 amide bonds. The van der Waals surface area contributed by atoms with Crippen LogP contribution in [0.25, 0.3) is 0 Å². The minimum absolute atomic E-state index is 0.0799. The zero-order valence-electron chi connectivity index (χ0n) is 10.4. The molecule has 0 unspecified atom stereocenters. The van der Waals surface area contributed by atoms with Crippen molar-refractivity contribution in [2.45, 2.75) is 10.2 Å². The lowest BCUT2D eigenvalue weighted by atomic mass is 10.4. The average molecular weight is 293 g/mol. The van der Waals surface area contributed by atoms with Crippen molar-refractivity contribution in [2.24, 2.45) is 0 Å². The van der Waals surface area contributed by atoms with Crippen molar-refractivity contribution in [1.29, 1.82) is 0 Å². The molecule has 0 aromatic carbocycles. The van der Waals surface area contributed by atoms with E-state index < -0.39 is 4.92 Å². The molecule has 0 atom stereocenters. The third-order valence-electron chi connectivity index (χ3n) is 2.19. The van der Waals surface area contributed by atoms with Crippen LogP contribution in [0, 0.1) is 10.1 Å². The molecule has 0 fully saturated rings. The number of nitrogens with zero attached hydrogens (tertiary/aromatic N) is 4. The Hall–Kier alpha value is -2.62. The molecule has 2 rings (SSSR count). The first kappa shape index (κ1) is 13.8. The first-order valence-corrected chi connectivity index (χ1v) is 6.21. The minimum Gasteiger partial charge on any atom is -0.383 e. The molecule has 10 heteroatoms. The largest absolute Gasteiger partial charge is 0.383 e. The summed E-state index contributed by atoms with van der Waals surface area (Å²) in [4.78, 5) is 22.5. The van der Waals surface area contributed by atoms with E-state index in [9.17, 15) is 10.1 Å². The normalized spacial score (nSPS) is 10.2. The van der Waals surface area contributed by atoms with Gasteiger partial charge in [0.05, 0.1) is 11.0 Å². The molecule has 0 saturated heterocycles. The van der Waals surface area contributed by atoms with Crippen LogP contribution in [0.1, 0.15) is 0 Å². The van der Waals surface area contributed by atoms with Crippen molar-refractivity contribution in [2.75, 3.05) is 23.8 Å². The van der Waals surface area contributed by atoms with Gasteiger partial charge in [0, 0.05) is 19.2 Å². The predicted molar refractivity (Wildman–Crippen MR) is 75.4 cm³/mol. The molecule has 104 valence electrons. The topological polar surface area (TPSA) is 146 Å². The van der Waals surface area contributed by atoms with Crippen LogP contribution in [0.5, 0.6) is 0 Å². The fourth-order valence-corrected chi connectivity index (χ4v) is 2.19. The second-order valence-corrected chi connectivity index (χ2v) is 4.65. The summed E-state index contributed by atoms with van der Waals surface area (Å²) in [6, 6.07) is 4.08. The first-order chi connectivity index (χ1) is 9.47. The number of nitro groups is 1. The molecule has 5 N–H and O–H groups in total. The van der Waals surface area contributed by atoms with Gasteiger partial charge in [-0.15, -0.1) is 0 Å². The van der Waals surface area contributed by atoms with Crippen LogP contribution in [0.15, 0.2) is 28.4 Å². The Balaban J connectivity index is 2.37. The van der Waals surface area contributed by atoms with E-state index in [-0.39, 0.29) is 22.5 Å².